The van der Waals surface area contributed by atoms with Crippen LogP contribution in [0.2, 0.25) is 0 Å². The van der Waals surface area contributed by atoms with Gasteiger partial charge in [-0.2, -0.15) is 0 Å². The molecule has 3 atom stereocenters. The zero-order valence-electron chi connectivity index (χ0n) is 22.8. The molecule has 3 heterocycles. The van der Waals surface area contributed by atoms with Gasteiger partial charge in [0.05, 0.1) is 42.9 Å². The summed E-state index contributed by atoms with van der Waals surface area (Å²) < 4.78 is 22.3. The maximum Gasteiger partial charge on any atom is 0.408 e. The van der Waals surface area contributed by atoms with Crippen LogP contribution >= 0.6 is 0 Å². The lowest BCUT2D eigenvalue weighted by molar-refractivity contribution is -0.0135. The fourth-order valence-corrected chi connectivity index (χ4v) is 4.44. The summed E-state index contributed by atoms with van der Waals surface area (Å²) >= 11 is 0. The summed E-state index contributed by atoms with van der Waals surface area (Å²) in [6.07, 6.45) is 2.43. The SMILES string of the molecule is COc1ccc2nccc(C(C[C@@H]3CC[C@@H](NC(=O)OCc4ccccc4)CO3)NC(=O)OC(C)(C)C)c2n1. The number of nitrogens with one attached hydrogen (secondary N) is 2. The summed E-state index contributed by atoms with van der Waals surface area (Å²) in [4.78, 5) is 34.1. The molecule has 0 bridgehead atoms. The van der Waals surface area contributed by atoms with Crippen molar-refractivity contribution in [3.8, 4) is 5.88 Å². The van der Waals surface area contributed by atoms with Gasteiger partial charge in [0.15, 0.2) is 0 Å². The molecule has 2 aromatic heterocycles. The van der Waals surface area contributed by atoms with E-state index in [9.17, 15) is 9.59 Å². The van der Waals surface area contributed by atoms with Crippen molar-refractivity contribution in [3.63, 3.8) is 0 Å². The number of carbonyl (C=O) groups is 2. The highest BCUT2D eigenvalue weighted by atomic mass is 16.6. The number of carbonyl (C=O) groups excluding carboxylic acids is 2. The Morgan fingerprint density at radius 2 is 1.87 bits per heavy atom. The average molecular weight is 537 g/mol. The Balaban J connectivity index is 1.40. The number of hydrogen-bond acceptors (Lipinski definition) is 8. The van der Waals surface area contributed by atoms with Gasteiger partial charge in [0.2, 0.25) is 5.88 Å². The molecule has 3 aromatic rings. The molecule has 0 spiro atoms. The first-order valence-corrected chi connectivity index (χ1v) is 13.1. The molecule has 39 heavy (non-hydrogen) atoms. The Kier molecular flexibility index (Phi) is 9.19. The summed E-state index contributed by atoms with van der Waals surface area (Å²) in [5, 5.41) is 5.88. The number of aromatic nitrogens is 2. The molecule has 208 valence electrons. The van der Waals surface area contributed by atoms with Gasteiger partial charge in [0.1, 0.15) is 12.2 Å². The first-order valence-electron chi connectivity index (χ1n) is 13.1. The molecular weight excluding hydrogens is 500 g/mol. The summed E-state index contributed by atoms with van der Waals surface area (Å²) in [6, 6.07) is 14.3. The van der Waals surface area contributed by atoms with Crippen molar-refractivity contribution >= 4 is 23.2 Å². The second kappa shape index (κ2) is 12.8. The molecule has 4 rings (SSSR count). The minimum Gasteiger partial charge on any atom is -0.481 e. The van der Waals surface area contributed by atoms with Crippen LogP contribution in [0.3, 0.4) is 0 Å². The van der Waals surface area contributed by atoms with Crippen LogP contribution in [-0.4, -0.2) is 53.6 Å². The smallest absolute Gasteiger partial charge is 0.408 e. The Labute approximate surface area is 228 Å². The highest BCUT2D eigenvalue weighted by Gasteiger charge is 2.29. The average Bonchev–Trinajstić information content (AvgIpc) is 2.91. The van der Waals surface area contributed by atoms with Gasteiger partial charge in [-0.15, -0.1) is 0 Å². The number of alkyl carbamates (subject to hydrolysis) is 2. The van der Waals surface area contributed by atoms with E-state index in [2.05, 4.69) is 20.6 Å². The van der Waals surface area contributed by atoms with E-state index in [0.29, 0.717) is 42.8 Å². The number of amides is 2. The third kappa shape index (κ3) is 8.28. The minimum atomic E-state index is -0.647. The number of benzene rings is 1. The van der Waals surface area contributed by atoms with E-state index >= 15 is 0 Å². The van der Waals surface area contributed by atoms with Crippen molar-refractivity contribution in [2.24, 2.45) is 0 Å². The first kappa shape index (κ1) is 28.1. The molecule has 1 aliphatic heterocycles. The largest absolute Gasteiger partial charge is 0.481 e. The molecule has 0 aliphatic carbocycles. The van der Waals surface area contributed by atoms with Crippen LogP contribution in [0, 0.1) is 0 Å². The maximum absolute atomic E-state index is 12.8. The molecule has 0 radical (unpaired) electrons. The first-order chi connectivity index (χ1) is 18.7. The molecular formula is C29H36N4O6. The highest BCUT2D eigenvalue weighted by Crippen LogP contribution is 2.30. The van der Waals surface area contributed by atoms with E-state index in [-0.39, 0.29) is 18.8 Å². The van der Waals surface area contributed by atoms with Crippen molar-refractivity contribution in [2.45, 2.75) is 70.4 Å². The fraction of sp³-hybridized carbons (Fsp3) is 0.448. The van der Waals surface area contributed by atoms with Gasteiger partial charge in [-0.25, -0.2) is 14.6 Å². The molecule has 1 aliphatic rings. The molecule has 1 aromatic carbocycles. The summed E-state index contributed by atoms with van der Waals surface area (Å²) in [6.45, 7) is 6.00. The quantitative estimate of drug-likeness (QED) is 0.409. The lowest BCUT2D eigenvalue weighted by Gasteiger charge is -2.32. The van der Waals surface area contributed by atoms with Crippen molar-refractivity contribution in [3.05, 3.63) is 65.9 Å². The van der Waals surface area contributed by atoms with E-state index in [1.807, 2.05) is 63.2 Å². The number of ether oxygens (including phenoxy) is 4. The van der Waals surface area contributed by atoms with Crippen molar-refractivity contribution in [2.75, 3.05) is 13.7 Å². The summed E-state index contributed by atoms with van der Waals surface area (Å²) in [7, 11) is 1.55. The van der Waals surface area contributed by atoms with Crippen molar-refractivity contribution in [1.29, 1.82) is 0 Å². The van der Waals surface area contributed by atoms with E-state index in [1.165, 1.54) is 0 Å². The Morgan fingerprint density at radius 1 is 1.08 bits per heavy atom. The van der Waals surface area contributed by atoms with Gasteiger partial charge in [0.25, 0.3) is 0 Å². The number of rotatable bonds is 8. The second-order valence-electron chi connectivity index (χ2n) is 10.5. The Hall–Kier alpha value is -3.92. The van der Waals surface area contributed by atoms with Crippen LogP contribution in [0.4, 0.5) is 9.59 Å². The van der Waals surface area contributed by atoms with Gasteiger partial charge < -0.3 is 29.6 Å². The normalized spacial score (nSPS) is 18.2. The standard InChI is InChI=1S/C29H36N4O6/c1-29(2,3)39-28(35)32-24(22-14-15-30-23-12-13-25(36-4)33-26(22)23)16-21-11-10-20(18-37-21)31-27(34)38-17-19-8-6-5-7-9-19/h5-9,12-15,20-21,24H,10-11,16-18H2,1-4H3,(H,31,34)(H,32,35)/t20-,21+,24?/m1/s1. The maximum atomic E-state index is 12.8. The monoisotopic (exact) mass is 536 g/mol. The van der Waals surface area contributed by atoms with Crippen LogP contribution in [-0.2, 0) is 20.8 Å². The third-order valence-corrected chi connectivity index (χ3v) is 6.27. The molecule has 1 unspecified atom stereocenters. The fourth-order valence-electron chi connectivity index (χ4n) is 4.44. The molecule has 1 saturated heterocycles. The van der Waals surface area contributed by atoms with Crippen LogP contribution < -0.4 is 15.4 Å². The molecule has 10 nitrogen and oxygen atoms in total. The highest BCUT2D eigenvalue weighted by molar-refractivity contribution is 5.79. The predicted molar refractivity (Wildman–Crippen MR) is 145 cm³/mol. The topological polar surface area (TPSA) is 121 Å². The van der Waals surface area contributed by atoms with E-state index in [4.69, 9.17) is 18.9 Å². The van der Waals surface area contributed by atoms with Crippen LogP contribution in [0.15, 0.2) is 54.7 Å². The lowest BCUT2D eigenvalue weighted by Crippen LogP contribution is -2.44. The van der Waals surface area contributed by atoms with Crippen LogP contribution in [0.25, 0.3) is 11.0 Å². The molecule has 0 saturated carbocycles. The number of nitrogens with zero attached hydrogens (tertiary/aromatic N) is 2. The zero-order chi connectivity index (χ0) is 27.8. The van der Waals surface area contributed by atoms with Crippen LogP contribution in [0.1, 0.15) is 57.2 Å². The third-order valence-electron chi connectivity index (χ3n) is 6.27. The predicted octanol–water partition coefficient (Wildman–Crippen LogP) is 5.07. The van der Waals surface area contributed by atoms with Gasteiger partial charge in [-0.3, -0.25) is 4.98 Å². The Morgan fingerprint density at radius 3 is 2.56 bits per heavy atom. The number of methoxy groups -OCH3 is 1. The second-order valence-corrected chi connectivity index (χ2v) is 10.5. The molecule has 1 fully saturated rings. The Bertz CT molecular complexity index is 1260. The van der Waals surface area contributed by atoms with Gasteiger partial charge in [-0.05, 0) is 57.7 Å². The van der Waals surface area contributed by atoms with Crippen LogP contribution in [0.5, 0.6) is 5.88 Å². The van der Waals surface area contributed by atoms with E-state index < -0.39 is 23.8 Å². The molecule has 10 heteroatoms. The lowest BCUT2D eigenvalue weighted by atomic mass is 9.95. The molecule has 2 N–H and O–H groups in total. The summed E-state index contributed by atoms with van der Waals surface area (Å²) in [5.74, 6) is 0.453. The van der Waals surface area contributed by atoms with E-state index in [1.54, 1.807) is 19.4 Å². The minimum absolute atomic E-state index is 0.155. The van der Waals surface area contributed by atoms with Gasteiger partial charge in [0, 0.05) is 17.8 Å². The number of hydrogen-bond donors (Lipinski definition) is 2. The van der Waals surface area contributed by atoms with Gasteiger partial charge in [-0.1, -0.05) is 30.3 Å². The number of fused-ring (bicyclic) bond motifs is 1. The summed E-state index contributed by atoms with van der Waals surface area (Å²) in [5.41, 5.74) is 2.39. The van der Waals surface area contributed by atoms with Crippen molar-refractivity contribution in [1.82, 2.24) is 20.6 Å². The van der Waals surface area contributed by atoms with E-state index in [0.717, 1.165) is 11.1 Å². The number of pyridine rings is 2. The van der Waals surface area contributed by atoms with Gasteiger partial charge >= 0.3 is 12.2 Å². The van der Waals surface area contributed by atoms with Crippen molar-refractivity contribution < 1.29 is 28.5 Å². The molecule has 2 amide bonds. The zero-order valence-corrected chi connectivity index (χ0v) is 22.8.